The number of rotatable bonds is 3. The van der Waals surface area contributed by atoms with Gasteiger partial charge in [0.2, 0.25) is 5.91 Å². The van der Waals surface area contributed by atoms with Crippen LogP contribution in [0.15, 0.2) is 24.3 Å². The van der Waals surface area contributed by atoms with Crippen LogP contribution in [0.1, 0.15) is 38.6 Å². The Morgan fingerprint density at radius 1 is 1.36 bits per heavy atom. The standard InChI is InChI=1S/C17H24N4O/c1-3-16-19-14-6-4-5-7-15(14)21(16)13-8-10-20(11-9-13)17(22)12(2)18/h4-7,12-13H,3,8-11,18H2,1-2H3. The van der Waals surface area contributed by atoms with Gasteiger partial charge in [0.15, 0.2) is 0 Å². The number of nitrogens with zero attached hydrogens (tertiary/aromatic N) is 3. The highest BCUT2D eigenvalue weighted by molar-refractivity contribution is 5.81. The largest absolute Gasteiger partial charge is 0.341 e. The number of piperidine rings is 1. The van der Waals surface area contributed by atoms with Crippen LogP contribution in [-0.4, -0.2) is 39.5 Å². The Bertz CT molecular complexity index is 668. The fraction of sp³-hybridized carbons (Fsp3) is 0.529. The summed E-state index contributed by atoms with van der Waals surface area (Å²) in [6.07, 6.45) is 2.85. The van der Waals surface area contributed by atoms with Crippen LogP contribution in [0.3, 0.4) is 0 Å². The van der Waals surface area contributed by atoms with Crippen LogP contribution in [0, 0.1) is 0 Å². The van der Waals surface area contributed by atoms with Gasteiger partial charge in [-0.05, 0) is 31.9 Å². The number of aromatic nitrogens is 2. The van der Waals surface area contributed by atoms with Crippen molar-refractivity contribution < 1.29 is 4.79 Å². The summed E-state index contributed by atoms with van der Waals surface area (Å²) in [6.45, 7) is 5.46. The Kier molecular flexibility index (Phi) is 4.16. The monoisotopic (exact) mass is 300 g/mol. The third kappa shape index (κ3) is 2.61. The molecule has 0 bridgehead atoms. The number of hydrogen-bond donors (Lipinski definition) is 1. The van der Waals surface area contributed by atoms with Crippen LogP contribution in [0.4, 0.5) is 0 Å². The van der Waals surface area contributed by atoms with E-state index in [4.69, 9.17) is 10.7 Å². The van der Waals surface area contributed by atoms with Crippen LogP contribution < -0.4 is 5.73 Å². The molecule has 0 spiro atoms. The Balaban J connectivity index is 1.83. The van der Waals surface area contributed by atoms with E-state index >= 15 is 0 Å². The van der Waals surface area contributed by atoms with Gasteiger partial charge in [0.1, 0.15) is 5.82 Å². The first-order chi connectivity index (χ1) is 10.6. The number of carbonyl (C=O) groups excluding carboxylic acids is 1. The number of likely N-dealkylation sites (tertiary alicyclic amines) is 1. The van der Waals surface area contributed by atoms with Crippen molar-refractivity contribution in [3.8, 4) is 0 Å². The maximum atomic E-state index is 12.0. The van der Waals surface area contributed by atoms with E-state index in [2.05, 4.69) is 29.7 Å². The number of para-hydroxylation sites is 2. The molecule has 2 heterocycles. The molecule has 22 heavy (non-hydrogen) atoms. The zero-order valence-corrected chi connectivity index (χ0v) is 13.3. The van der Waals surface area contributed by atoms with E-state index in [-0.39, 0.29) is 5.91 Å². The quantitative estimate of drug-likeness (QED) is 0.944. The van der Waals surface area contributed by atoms with Crippen molar-refractivity contribution in [1.82, 2.24) is 14.5 Å². The third-order valence-electron chi connectivity index (χ3n) is 4.52. The molecule has 118 valence electrons. The lowest BCUT2D eigenvalue weighted by molar-refractivity contribution is -0.133. The zero-order valence-electron chi connectivity index (χ0n) is 13.3. The zero-order chi connectivity index (χ0) is 15.7. The molecule has 1 aliphatic heterocycles. The van der Waals surface area contributed by atoms with Gasteiger partial charge in [0.05, 0.1) is 17.1 Å². The van der Waals surface area contributed by atoms with Gasteiger partial charge < -0.3 is 15.2 Å². The van der Waals surface area contributed by atoms with Gasteiger partial charge in [-0.25, -0.2) is 4.98 Å². The molecule has 1 aliphatic rings. The maximum Gasteiger partial charge on any atom is 0.239 e. The average molecular weight is 300 g/mol. The predicted octanol–water partition coefficient (Wildman–Crippen LogP) is 2.11. The molecule has 1 fully saturated rings. The molecule has 1 saturated heterocycles. The third-order valence-corrected chi connectivity index (χ3v) is 4.52. The Morgan fingerprint density at radius 3 is 2.68 bits per heavy atom. The summed E-state index contributed by atoms with van der Waals surface area (Å²) in [5.41, 5.74) is 7.98. The molecule has 3 rings (SSSR count). The molecule has 5 nitrogen and oxygen atoms in total. The minimum Gasteiger partial charge on any atom is -0.341 e. The number of imidazole rings is 1. The number of aryl methyl sites for hydroxylation is 1. The first-order valence-electron chi connectivity index (χ1n) is 8.12. The SMILES string of the molecule is CCc1nc2ccccc2n1C1CCN(C(=O)C(C)N)CC1. The Hall–Kier alpha value is -1.88. The van der Waals surface area contributed by atoms with Crippen LogP contribution in [0.25, 0.3) is 11.0 Å². The topological polar surface area (TPSA) is 64.2 Å². The molecule has 1 atom stereocenters. The van der Waals surface area contributed by atoms with Crippen molar-refractivity contribution in [3.63, 3.8) is 0 Å². The average Bonchev–Trinajstić information content (AvgIpc) is 2.92. The van der Waals surface area contributed by atoms with Gasteiger partial charge in [0, 0.05) is 25.6 Å². The Labute approximate surface area is 131 Å². The number of benzene rings is 1. The summed E-state index contributed by atoms with van der Waals surface area (Å²) < 4.78 is 2.38. The molecular weight excluding hydrogens is 276 g/mol. The van der Waals surface area contributed by atoms with Crippen molar-refractivity contribution in [2.75, 3.05) is 13.1 Å². The van der Waals surface area contributed by atoms with Crippen LogP contribution in [0.2, 0.25) is 0 Å². The Morgan fingerprint density at radius 2 is 2.05 bits per heavy atom. The van der Waals surface area contributed by atoms with Crippen LogP contribution in [-0.2, 0) is 11.2 Å². The van der Waals surface area contributed by atoms with E-state index in [1.165, 1.54) is 5.52 Å². The first kappa shape index (κ1) is 15.0. The van der Waals surface area contributed by atoms with Gasteiger partial charge in [-0.1, -0.05) is 19.1 Å². The summed E-state index contributed by atoms with van der Waals surface area (Å²) in [5.74, 6) is 1.20. The van der Waals surface area contributed by atoms with Crippen LogP contribution >= 0.6 is 0 Å². The summed E-state index contributed by atoms with van der Waals surface area (Å²) >= 11 is 0. The molecule has 1 aromatic heterocycles. The molecule has 0 radical (unpaired) electrons. The molecule has 1 amide bonds. The predicted molar refractivity (Wildman–Crippen MR) is 87.6 cm³/mol. The highest BCUT2D eigenvalue weighted by Crippen LogP contribution is 2.29. The lowest BCUT2D eigenvalue weighted by Crippen LogP contribution is -2.46. The van der Waals surface area contributed by atoms with Crippen molar-refractivity contribution >= 4 is 16.9 Å². The summed E-state index contributed by atoms with van der Waals surface area (Å²) in [7, 11) is 0. The lowest BCUT2D eigenvalue weighted by Gasteiger charge is -2.34. The van der Waals surface area contributed by atoms with Crippen molar-refractivity contribution in [2.24, 2.45) is 5.73 Å². The van der Waals surface area contributed by atoms with E-state index in [9.17, 15) is 4.79 Å². The molecule has 1 aromatic carbocycles. The highest BCUT2D eigenvalue weighted by atomic mass is 16.2. The van der Waals surface area contributed by atoms with E-state index in [0.29, 0.717) is 6.04 Å². The van der Waals surface area contributed by atoms with E-state index in [0.717, 1.165) is 43.7 Å². The molecule has 2 aromatic rings. The fourth-order valence-corrected chi connectivity index (χ4v) is 3.38. The second-order valence-electron chi connectivity index (χ2n) is 6.09. The van der Waals surface area contributed by atoms with Gasteiger partial charge in [-0.3, -0.25) is 4.79 Å². The number of amides is 1. The maximum absolute atomic E-state index is 12.0. The van der Waals surface area contributed by atoms with Gasteiger partial charge in [-0.2, -0.15) is 0 Å². The number of hydrogen-bond acceptors (Lipinski definition) is 3. The summed E-state index contributed by atoms with van der Waals surface area (Å²) in [4.78, 5) is 18.7. The molecule has 5 heteroatoms. The molecule has 0 aliphatic carbocycles. The molecule has 0 saturated carbocycles. The smallest absolute Gasteiger partial charge is 0.239 e. The molecule has 1 unspecified atom stereocenters. The second kappa shape index (κ2) is 6.08. The van der Waals surface area contributed by atoms with Crippen LogP contribution in [0.5, 0.6) is 0 Å². The van der Waals surface area contributed by atoms with E-state index in [1.807, 2.05) is 11.0 Å². The number of carbonyl (C=O) groups is 1. The first-order valence-corrected chi connectivity index (χ1v) is 8.12. The summed E-state index contributed by atoms with van der Waals surface area (Å²) in [5, 5.41) is 0. The van der Waals surface area contributed by atoms with Crippen molar-refractivity contribution in [3.05, 3.63) is 30.1 Å². The fourth-order valence-electron chi connectivity index (χ4n) is 3.38. The minimum absolute atomic E-state index is 0.0599. The van der Waals surface area contributed by atoms with Gasteiger partial charge >= 0.3 is 0 Å². The normalized spacial score (nSPS) is 17.9. The minimum atomic E-state index is -0.406. The number of fused-ring (bicyclic) bond motifs is 1. The lowest BCUT2D eigenvalue weighted by atomic mass is 10.0. The highest BCUT2D eigenvalue weighted by Gasteiger charge is 2.27. The number of nitrogens with two attached hydrogens (primary N) is 1. The van der Waals surface area contributed by atoms with Crippen molar-refractivity contribution in [1.29, 1.82) is 0 Å². The van der Waals surface area contributed by atoms with E-state index in [1.54, 1.807) is 6.92 Å². The van der Waals surface area contributed by atoms with Gasteiger partial charge in [-0.15, -0.1) is 0 Å². The molecular formula is C17H24N4O. The summed E-state index contributed by atoms with van der Waals surface area (Å²) in [6, 6.07) is 8.31. The second-order valence-corrected chi connectivity index (χ2v) is 6.09. The molecule has 2 N–H and O–H groups in total. The van der Waals surface area contributed by atoms with Gasteiger partial charge in [0.25, 0.3) is 0 Å². The van der Waals surface area contributed by atoms with Crippen molar-refractivity contribution in [2.45, 2.75) is 45.2 Å². The van der Waals surface area contributed by atoms with E-state index < -0.39 is 6.04 Å².